The van der Waals surface area contributed by atoms with Gasteiger partial charge in [0.2, 0.25) is 5.91 Å². The molecular formula is C26H28N4O4S. The Kier molecular flexibility index (Phi) is 7.06. The number of nitrogens with zero attached hydrogens (tertiary/aromatic N) is 3. The van der Waals surface area contributed by atoms with Gasteiger partial charge in [-0.2, -0.15) is 0 Å². The van der Waals surface area contributed by atoms with Crippen LogP contribution in [0.15, 0.2) is 53.4 Å². The molecule has 3 fully saturated rings. The van der Waals surface area contributed by atoms with Crippen LogP contribution in [-0.4, -0.2) is 67.9 Å². The second-order valence-electron chi connectivity index (χ2n) is 8.75. The molecule has 3 saturated heterocycles. The SMILES string of the molecule is O=C(CN1C(=O)S/C(=C\c2ccc(N3CCCC3)cc2)C1=O)Nc1ccc(N2CCOCC2)cc1. The van der Waals surface area contributed by atoms with E-state index in [-0.39, 0.29) is 6.54 Å². The Hall–Kier alpha value is -3.30. The van der Waals surface area contributed by atoms with E-state index in [1.165, 1.54) is 18.5 Å². The molecule has 9 heteroatoms. The van der Waals surface area contributed by atoms with Gasteiger partial charge >= 0.3 is 0 Å². The molecule has 0 unspecified atom stereocenters. The molecule has 2 aromatic rings. The Morgan fingerprint density at radius 1 is 0.886 bits per heavy atom. The summed E-state index contributed by atoms with van der Waals surface area (Å²) in [6.07, 6.45) is 4.13. The fraction of sp³-hybridized carbons (Fsp3) is 0.346. The second-order valence-corrected chi connectivity index (χ2v) is 9.74. The molecule has 1 N–H and O–H groups in total. The molecule has 0 atom stereocenters. The molecular weight excluding hydrogens is 464 g/mol. The highest BCUT2D eigenvalue weighted by Gasteiger charge is 2.36. The molecule has 35 heavy (non-hydrogen) atoms. The molecule has 3 heterocycles. The molecule has 182 valence electrons. The number of rotatable bonds is 6. The molecule has 0 radical (unpaired) electrons. The zero-order valence-electron chi connectivity index (χ0n) is 19.4. The van der Waals surface area contributed by atoms with Crippen molar-refractivity contribution in [2.24, 2.45) is 0 Å². The number of carbonyl (C=O) groups excluding carboxylic acids is 3. The van der Waals surface area contributed by atoms with E-state index in [0.29, 0.717) is 23.8 Å². The monoisotopic (exact) mass is 492 g/mol. The number of morpholine rings is 1. The van der Waals surface area contributed by atoms with Gasteiger partial charge in [0.15, 0.2) is 0 Å². The van der Waals surface area contributed by atoms with Gasteiger partial charge in [0.25, 0.3) is 11.1 Å². The highest BCUT2D eigenvalue weighted by molar-refractivity contribution is 8.18. The van der Waals surface area contributed by atoms with E-state index >= 15 is 0 Å². The van der Waals surface area contributed by atoms with Gasteiger partial charge in [-0.25, -0.2) is 0 Å². The number of benzene rings is 2. The maximum absolute atomic E-state index is 12.8. The van der Waals surface area contributed by atoms with Crippen LogP contribution in [0.25, 0.3) is 6.08 Å². The van der Waals surface area contributed by atoms with Crippen LogP contribution in [0.4, 0.5) is 21.9 Å². The van der Waals surface area contributed by atoms with Crippen molar-refractivity contribution in [1.82, 2.24) is 4.90 Å². The van der Waals surface area contributed by atoms with Crippen LogP contribution in [0.3, 0.4) is 0 Å². The summed E-state index contributed by atoms with van der Waals surface area (Å²) in [4.78, 5) is 43.7. The van der Waals surface area contributed by atoms with E-state index in [1.807, 2.05) is 48.5 Å². The third-order valence-electron chi connectivity index (χ3n) is 6.36. The summed E-state index contributed by atoms with van der Waals surface area (Å²) >= 11 is 0.865. The van der Waals surface area contributed by atoms with Crippen molar-refractivity contribution >= 4 is 52.0 Å². The van der Waals surface area contributed by atoms with Gasteiger partial charge in [0.1, 0.15) is 6.54 Å². The number of carbonyl (C=O) groups is 3. The third kappa shape index (κ3) is 5.52. The first-order valence-corrected chi connectivity index (χ1v) is 12.7. The molecule has 0 aliphatic carbocycles. The van der Waals surface area contributed by atoms with E-state index in [1.54, 1.807) is 6.08 Å². The van der Waals surface area contributed by atoms with Crippen LogP contribution in [0.1, 0.15) is 18.4 Å². The number of nitrogens with one attached hydrogen (secondary N) is 1. The van der Waals surface area contributed by atoms with Gasteiger partial charge in [-0.05, 0) is 72.6 Å². The molecule has 2 aromatic carbocycles. The van der Waals surface area contributed by atoms with Crippen molar-refractivity contribution in [2.45, 2.75) is 12.8 Å². The minimum absolute atomic E-state index is 0.318. The average Bonchev–Trinajstić information content (AvgIpc) is 3.51. The lowest BCUT2D eigenvalue weighted by molar-refractivity contribution is -0.127. The number of amides is 3. The van der Waals surface area contributed by atoms with Crippen molar-refractivity contribution in [3.63, 3.8) is 0 Å². The zero-order chi connectivity index (χ0) is 24.2. The number of hydrogen-bond donors (Lipinski definition) is 1. The number of anilines is 3. The van der Waals surface area contributed by atoms with Crippen LogP contribution in [0.5, 0.6) is 0 Å². The van der Waals surface area contributed by atoms with Crippen LogP contribution in [0, 0.1) is 0 Å². The van der Waals surface area contributed by atoms with Crippen molar-refractivity contribution in [3.05, 3.63) is 59.0 Å². The molecule has 0 bridgehead atoms. The number of thioether (sulfide) groups is 1. The predicted octanol–water partition coefficient (Wildman–Crippen LogP) is 3.80. The fourth-order valence-electron chi connectivity index (χ4n) is 4.47. The quantitative estimate of drug-likeness (QED) is 0.615. The minimum atomic E-state index is -0.443. The summed E-state index contributed by atoms with van der Waals surface area (Å²) in [5.41, 5.74) is 3.70. The topological polar surface area (TPSA) is 82.2 Å². The summed E-state index contributed by atoms with van der Waals surface area (Å²) in [5.74, 6) is -0.857. The third-order valence-corrected chi connectivity index (χ3v) is 7.27. The summed E-state index contributed by atoms with van der Waals surface area (Å²) < 4.78 is 5.38. The summed E-state index contributed by atoms with van der Waals surface area (Å²) in [6.45, 7) is 4.89. The van der Waals surface area contributed by atoms with Crippen molar-refractivity contribution < 1.29 is 19.1 Å². The predicted molar refractivity (Wildman–Crippen MR) is 139 cm³/mol. The Labute approximate surface area is 208 Å². The smallest absolute Gasteiger partial charge is 0.294 e. The number of hydrogen-bond acceptors (Lipinski definition) is 7. The lowest BCUT2D eigenvalue weighted by Crippen LogP contribution is -2.36. The van der Waals surface area contributed by atoms with E-state index < -0.39 is 17.1 Å². The lowest BCUT2D eigenvalue weighted by Gasteiger charge is -2.28. The molecule has 0 spiro atoms. The average molecular weight is 493 g/mol. The van der Waals surface area contributed by atoms with Crippen molar-refractivity contribution in [1.29, 1.82) is 0 Å². The normalized spacial score (nSPS) is 19.7. The van der Waals surface area contributed by atoms with Gasteiger partial charge < -0.3 is 19.9 Å². The maximum Gasteiger partial charge on any atom is 0.294 e. The first-order chi connectivity index (χ1) is 17.1. The Balaban J connectivity index is 1.18. The van der Waals surface area contributed by atoms with E-state index in [2.05, 4.69) is 15.1 Å². The minimum Gasteiger partial charge on any atom is -0.378 e. The maximum atomic E-state index is 12.8. The van der Waals surface area contributed by atoms with Crippen LogP contribution >= 0.6 is 11.8 Å². The summed E-state index contributed by atoms with van der Waals surface area (Å²) in [5, 5.41) is 2.34. The molecule has 5 rings (SSSR count). The van der Waals surface area contributed by atoms with E-state index in [9.17, 15) is 14.4 Å². The number of ether oxygens (including phenoxy) is 1. The molecule has 3 aliphatic rings. The highest BCUT2D eigenvalue weighted by atomic mass is 32.2. The van der Waals surface area contributed by atoms with Gasteiger partial charge in [0, 0.05) is 43.2 Å². The van der Waals surface area contributed by atoms with Crippen molar-refractivity contribution in [2.75, 3.05) is 61.1 Å². The lowest BCUT2D eigenvalue weighted by atomic mass is 10.2. The molecule has 3 aliphatic heterocycles. The van der Waals surface area contributed by atoms with E-state index in [0.717, 1.165) is 54.1 Å². The fourth-order valence-corrected chi connectivity index (χ4v) is 5.30. The van der Waals surface area contributed by atoms with Gasteiger partial charge in [-0.1, -0.05) is 12.1 Å². The zero-order valence-corrected chi connectivity index (χ0v) is 20.3. The first-order valence-electron chi connectivity index (χ1n) is 11.9. The molecule has 0 saturated carbocycles. The summed E-state index contributed by atoms with van der Waals surface area (Å²) in [7, 11) is 0. The Morgan fingerprint density at radius 3 is 2.14 bits per heavy atom. The summed E-state index contributed by atoms with van der Waals surface area (Å²) in [6, 6.07) is 15.5. The molecule has 8 nitrogen and oxygen atoms in total. The highest BCUT2D eigenvalue weighted by Crippen LogP contribution is 2.32. The number of imide groups is 1. The van der Waals surface area contributed by atoms with Gasteiger partial charge in [-0.15, -0.1) is 0 Å². The molecule has 0 aromatic heterocycles. The van der Waals surface area contributed by atoms with Crippen LogP contribution in [-0.2, 0) is 14.3 Å². The second kappa shape index (κ2) is 10.5. The standard InChI is InChI=1S/C26H28N4O4S/c31-24(27-20-5-9-22(10-6-20)29-13-15-34-16-14-29)18-30-25(32)23(35-26(30)33)17-19-3-7-21(8-4-19)28-11-1-2-12-28/h3-10,17H,1-2,11-16,18H2,(H,27,31)/b23-17-. The van der Waals surface area contributed by atoms with E-state index in [4.69, 9.17) is 4.74 Å². The Bertz CT molecular complexity index is 1120. The van der Waals surface area contributed by atoms with Crippen LogP contribution < -0.4 is 15.1 Å². The van der Waals surface area contributed by atoms with Crippen LogP contribution in [0.2, 0.25) is 0 Å². The molecule has 3 amide bonds. The largest absolute Gasteiger partial charge is 0.378 e. The Morgan fingerprint density at radius 2 is 1.49 bits per heavy atom. The van der Waals surface area contributed by atoms with Crippen molar-refractivity contribution in [3.8, 4) is 0 Å². The first kappa shape index (κ1) is 23.4. The van der Waals surface area contributed by atoms with Gasteiger partial charge in [0.05, 0.1) is 18.1 Å². The van der Waals surface area contributed by atoms with Gasteiger partial charge in [-0.3, -0.25) is 19.3 Å².